The molecule has 0 aromatic heterocycles. The van der Waals surface area contributed by atoms with Gasteiger partial charge in [-0.2, -0.15) is 0 Å². The van der Waals surface area contributed by atoms with Crippen LogP contribution in [0.5, 0.6) is 5.75 Å². The predicted molar refractivity (Wildman–Crippen MR) is 70.3 cm³/mol. The van der Waals surface area contributed by atoms with Crippen LogP contribution in [-0.4, -0.2) is 18.0 Å². The molecule has 0 N–H and O–H groups in total. The number of carbonyl (C=O) groups is 2. The van der Waals surface area contributed by atoms with Crippen LogP contribution in [-0.2, 0) is 14.3 Å². The van der Waals surface area contributed by atoms with E-state index in [9.17, 15) is 14.0 Å². The van der Waals surface area contributed by atoms with E-state index in [4.69, 9.17) is 15.9 Å². The van der Waals surface area contributed by atoms with Crippen molar-refractivity contribution in [2.24, 2.45) is 0 Å². The van der Waals surface area contributed by atoms with E-state index in [1.54, 1.807) is 6.92 Å². The van der Waals surface area contributed by atoms with Crippen LogP contribution < -0.4 is 4.74 Å². The second-order valence-electron chi connectivity index (χ2n) is 4.08. The van der Waals surface area contributed by atoms with Crippen LogP contribution in [0, 0.1) is 18.2 Å². The van der Waals surface area contributed by atoms with Gasteiger partial charge in [-0.15, -0.1) is 6.42 Å². The Morgan fingerprint density at radius 1 is 1.35 bits per heavy atom. The first-order valence-electron chi connectivity index (χ1n) is 6.13. The van der Waals surface area contributed by atoms with Crippen molar-refractivity contribution >= 4 is 11.9 Å². The molecule has 0 amide bonds. The lowest BCUT2D eigenvalue weighted by molar-refractivity contribution is -0.146. The Balaban J connectivity index is 2.27. The molecule has 1 unspecified atom stereocenters. The molecule has 1 rings (SSSR count). The highest BCUT2D eigenvalue weighted by atomic mass is 19.1. The monoisotopic (exact) mass is 278 g/mol. The number of hydrogen-bond acceptors (Lipinski definition) is 4. The number of esters is 2. The molecule has 0 radical (unpaired) electrons. The maximum absolute atomic E-state index is 12.9. The van der Waals surface area contributed by atoms with Gasteiger partial charge in [-0.1, -0.05) is 12.0 Å². The van der Waals surface area contributed by atoms with E-state index in [0.717, 1.165) is 6.07 Å². The molecule has 0 spiro atoms. The molecule has 20 heavy (non-hydrogen) atoms. The third-order valence-corrected chi connectivity index (χ3v) is 2.33. The summed E-state index contributed by atoms with van der Waals surface area (Å²) >= 11 is 0. The van der Waals surface area contributed by atoms with Crippen molar-refractivity contribution in [2.75, 3.05) is 0 Å². The molecule has 1 aromatic rings. The van der Waals surface area contributed by atoms with E-state index in [1.807, 2.05) is 0 Å². The van der Waals surface area contributed by atoms with Crippen molar-refractivity contribution in [3.63, 3.8) is 0 Å². The normalized spacial score (nSPS) is 11.2. The second kappa shape index (κ2) is 7.95. The Kier molecular flexibility index (Phi) is 6.24. The van der Waals surface area contributed by atoms with Gasteiger partial charge in [0.15, 0.2) is 6.10 Å². The number of halogens is 1. The molecule has 0 aliphatic heterocycles. The quantitative estimate of drug-likeness (QED) is 0.455. The summed E-state index contributed by atoms with van der Waals surface area (Å²) in [5, 5.41) is 0. The van der Waals surface area contributed by atoms with Gasteiger partial charge in [0.05, 0.1) is 0 Å². The molecule has 0 saturated heterocycles. The number of carbonyl (C=O) groups excluding carboxylic acids is 2. The van der Waals surface area contributed by atoms with Crippen molar-refractivity contribution < 1.29 is 23.5 Å². The Hall–Kier alpha value is -2.35. The maximum Gasteiger partial charge on any atom is 0.311 e. The zero-order valence-electron chi connectivity index (χ0n) is 11.1. The average Bonchev–Trinajstić information content (AvgIpc) is 2.38. The summed E-state index contributed by atoms with van der Waals surface area (Å²) < 4.78 is 22.6. The highest BCUT2D eigenvalue weighted by molar-refractivity contribution is 5.74. The van der Waals surface area contributed by atoms with E-state index in [0.29, 0.717) is 0 Å². The lowest BCUT2D eigenvalue weighted by Gasteiger charge is -2.07. The van der Waals surface area contributed by atoms with Crippen LogP contribution in [0.4, 0.5) is 4.39 Å². The molecular formula is C15H15FO4. The van der Waals surface area contributed by atoms with E-state index in [1.165, 1.54) is 18.2 Å². The molecule has 4 nitrogen and oxygen atoms in total. The fourth-order valence-electron chi connectivity index (χ4n) is 1.38. The van der Waals surface area contributed by atoms with Crippen LogP contribution >= 0.6 is 0 Å². The second-order valence-corrected chi connectivity index (χ2v) is 4.08. The summed E-state index contributed by atoms with van der Waals surface area (Å²) in [5.41, 5.74) is 0. The maximum atomic E-state index is 12.9. The van der Waals surface area contributed by atoms with Crippen LogP contribution in [0.3, 0.4) is 0 Å². The minimum Gasteiger partial charge on any atom is -0.449 e. The standard InChI is InChI=1S/C15H15FO4/c1-3-11(2)19-14(17)8-5-9-15(18)20-13-7-4-6-12(16)10-13/h1,4,6-7,10-11H,5,8-9H2,2H3. The molecular weight excluding hydrogens is 263 g/mol. The van der Waals surface area contributed by atoms with Crippen LogP contribution in [0.1, 0.15) is 26.2 Å². The van der Waals surface area contributed by atoms with Gasteiger partial charge < -0.3 is 9.47 Å². The fraction of sp³-hybridized carbons (Fsp3) is 0.333. The fourth-order valence-corrected chi connectivity index (χ4v) is 1.38. The van der Waals surface area contributed by atoms with E-state index < -0.39 is 23.9 Å². The Morgan fingerprint density at radius 2 is 2.05 bits per heavy atom. The van der Waals surface area contributed by atoms with E-state index in [-0.39, 0.29) is 25.0 Å². The zero-order valence-corrected chi connectivity index (χ0v) is 11.1. The minimum absolute atomic E-state index is 0.0377. The highest BCUT2D eigenvalue weighted by Gasteiger charge is 2.10. The molecule has 0 saturated carbocycles. The molecule has 1 aromatic carbocycles. The van der Waals surface area contributed by atoms with Crippen molar-refractivity contribution in [1.29, 1.82) is 0 Å². The van der Waals surface area contributed by atoms with Gasteiger partial charge in [-0.05, 0) is 25.5 Å². The molecule has 0 heterocycles. The van der Waals surface area contributed by atoms with Gasteiger partial charge in [0.2, 0.25) is 0 Å². The van der Waals surface area contributed by atoms with Crippen LogP contribution in [0.15, 0.2) is 24.3 Å². The Bertz CT molecular complexity index is 519. The first kappa shape index (κ1) is 15.7. The first-order chi connectivity index (χ1) is 9.51. The van der Waals surface area contributed by atoms with Crippen molar-refractivity contribution in [1.82, 2.24) is 0 Å². The number of benzene rings is 1. The summed E-state index contributed by atoms with van der Waals surface area (Å²) in [4.78, 5) is 22.7. The van der Waals surface area contributed by atoms with Crippen molar-refractivity contribution in [3.05, 3.63) is 30.1 Å². The SMILES string of the molecule is C#CC(C)OC(=O)CCCC(=O)Oc1cccc(F)c1. The molecule has 1 atom stereocenters. The van der Waals surface area contributed by atoms with Crippen molar-refractivity contribution in [2.45, 2.75) is 32.3 Å². The van der Waals surface area contributed by atoms with Crippen molar-refractivity contribution in [3.8, 4) is 18.1 Å². The lowest BCUT2D eigenvalue weighted by atomic mass is 10.2. The summed E-state index contributed by atoms with van der Waals surface area (Å²) in [5.74, 6) is 0.918. The predicted octanol–water partition coefficient (Wildman–Crippen LogP) is 2.47. The number of rotatable bonds is 6. The van der Waals surface area contributed by atoms with E-state index >= 15 is 0 Å². The Morgan fingerprint density at radius 3 is 2.70 bits per heavy atom. The van der Waals surface area contributed by atoms with Gasteiger partial charge in [0.1, 0.15) is 11.6 Å². The molecule has 0 aliphatic rings. The number of terminal acetylenes is 1. The summed E-state index contributed by atoms with van der Waals surface area (Å²) in [6.45, 7) is 1.58. The average molecular weight is 278 g/mol. The van der Waals surface area contributed by atoms with Gasteiger partial charge >= 0.3 is 11.9 Å². The third kappa shape index (κ3) is 6.01. The summed E-state index contributed by atoms with van der Waals surface area (Å²) in [6, 6.07) is 5.28. The third-order valence-electron chi connectivity index (χ3n) is 2.33. The van der Waals surface area contributed by atoms with Gasteiger partial charge in [-0.25, -0.2) is 4.39 Å². The Labute approximate surface area is 116 Å². The lowest BCUT2D eigenvalue weighted by Crippen LogP contribution is -2.14. The van der Waals surface area contributed by atoms with Gasteiger partial charge in [0, 0.05) is 18.9 Å². The number of ether oxygens (including phenoxy) is 2. The molecule has 0 aliphatic carbocycles. The van der Waals surface area contributed by atoms with Gasteiger partial charge in [-0.3, -0.25) is 9.59 Å². The minimum atomic E-state index is -0.582. The molecule has 5 heteroatoms. The van der Waals surface area contributed by atoms with Crippen LogP contribution in [0.2, 0.25) is 0 Å². The zero-order chi connectivity index (χ0) is 15.0. The highest BCUT2D eigenvalue weighted by Crippen LogP contribution is 2.13. The number of hydrogen-bond donors (Lipinski definition) is 0. The molecule has 106 valence electrons. The van der Waals surface area contributed by atoms with E-state index in [2.05, 4.69) is 5.92 Å². The summed E-state index contributed by atoms with van der Waals surface area (Å²) in [6.07, 6.45) is 4.88. The molecule has 0 fully saturated rings. The smallest absolute Gasteiger partial charge is 0.311 e. The van der Waals surface area contributed by atoms with Gasteiger partial charge in [0.25, 0.3) is 0 Å². The largest absolute Gasteiger partial charge is 0.449 e. The van der Waals surface area contributed by atoms with Crippen LogP contribution in [0.25, 0.3) is 0 Å². The molecule has 0 bridgehead atoms. The first-order valence-corrected chi connectivity index (χ1v) is 6.13. The summed E-state index contributed by atoms with van der Waals surface area (Å²) in [7, 11) is 0. The topological polar surface area (TPSA) is 52.6 Å².